The molecule has 0 aliphatic heterocycles. The maximum absolute atomic E-state index is 13.2. The molecule has 0 unspecified atom stereocenters. The van der Waals surface area contributed by atoms with Gasteiger partial charge in [-0.1, -0.05) is 41.4 Å². The van der Waals surface area contributed by atoms with Crippen LogP contribution in [0.1, 0.15) is 11.1 Å². The fraction of sp³-hybridized carbons (Fsp3) is 0.118. The molecule has 5 nitrogen and oxygen atoms in total. The van der Waals surface area contributed by atoms with Gasteiger partial charge in [-0.3, -0.25) is 0 Å². The molecule has 0 radical (unpaired) electrons. The Morgan fingerprint density at radius 2 is 2.04 bits per heavy atom. The molecule has 0 amide bonds. The number of hydrogen-bond acceptors (Lipinski definition) is 5. The molecular weight excluding hydrogens is 329 g/mol. The quantitative estimate of drug-likeness (QED) is 0.722. The van der Waals surface area contributed by atoms with Gasteiger partial charge in [-0.2, -0.15) is 10.1 Å². The predicted octanol–water partition coefficient (Wildman–Crippen LogP) is 4.33. The third kappa shape index (κ3) is 4.17. The Kier molecular flexibility index (Phi) is 4.86. The minimum Gasteiger partial charge on any atom is -0.349 e. The van der Waals surface area contributed by atoms with E-state index >= 15 is 0 Å². The molecule has 0 saturated carbocycles. The van der Waals surface area contributed by atoms with Crippen molar-refractivity contribution in [2.24, 2.45) is 0 Å². The highest BCUT2D eigenvalue weighted by Gasteiger charge is 2.04. The van der Waals surface area contributed by atoms with Gasteiger partial charge in [-0.15, -0.1) is 5.10 Å². The van der Waals surface area contributed by atoms with Gasteiger partial charge in [-0.05, 0) is 30.7 Å². The van der Waals surface area contributed by atoms with Gasteiger partial charge in [0.1, 0.15) is 5.82 Å². The standard InChI is InChI=1S/C17H15ClFN5/c1-11-3-2-4-12(7-11)9-20-17-23-16(10-21-24-17)22-13-5-6-15(19)14(18)8-13/h2-8,10H,9H2,1H3,(H2,20,22,23,24). The van der Waals surface area contributed by atoms with Crippen molar-refractivity contribution in [1.82, 2.24) is 15.2 Å². The topological polar surface area (TPSA) is 62.7 Å². The number of aryl methyl sites for hydroxylation is 1. The van der Waals surface area contributed by atoms with Crippen molar-refractivity contribution in [2.45, 2.75) is 13.5 Å². The number of halogens is 2. The lowest BCUT2D eigenvalue weighted by atomic mass is 10.1. The first-order chi connectivity index (χ1) is 11.6. The molecule has 0 bridgehead atoms. The Balaban J connectivity index is 1.68. The van der Waals surface area contributed by atoms with Gasteiger partial charge in [-0.25, -0.2) is 4.39 Å². The van der Waals surface area contributed by atoms with E-state index in [4.69, 9.17) is 11.6 Å². The van der Waals surface area contributed by atoms with Crippen molar-refractivity contribution in [2.75, 3.05) is 10.6 Å². The first-order valence-corrected chi connectivity index (χ1v) is 7.69. The van der Waals surface area contributed by atoms with Gasteiger partial charge >= 0.3 is 0 Å². The highest BCUT2D eigenvalue weighted by atomic mass is 35.5. The summed E-state index contributed by atoms with van der Waals surface area (Å²) < 4.78 is 13.2. The van der Waals surface area contributed by atoms with E-state index in [1.165, 1.54) is 23.9 Å². The van der Waals surface area contributed by atoms with Crippen LogP contribution in [-0.2, 0) is 6.54 Å². The predicted molar refractivity (Wildman–Crippen MR) is 93.0 cm³/mol. The van der Waals surface area contributed by atoms with Crippen LogP contribution in [0.5, 0.6) is 0 Å². The summed E-state index contributed by atoms with van der Waals surface area (Å²) in [4.78, 5) is 4.32. The highest BCUT2D eigenvalue weighted by molar-refractivity contribution is 6.31. The lowest BCUT2D eigenvalue weighted by Gasteiger charge is -2.08. The van der Waals surface area contributed by atoms with Gasteiger partial charge < -0.3 is 10.6 Å². The molecule has 2 aromatic carbocycles. The van der Waals surface area contributed by atoms with Crippen LogP contribution in [0.4, 0.5) is 21.8 Å². The van der Waals surface area contributed by atoms with E-state index in [-0.39, 0.29) is 5.02 Å². The van der Waals surface area contributed by atoms with Gasteiger partial charge in [0.05, 0.1) is 11.2 Å². The van der Waals surface area contributed by atoms with Crippen LogP contribution in [0.15, 0.2) is 48.7 Å². The fourth-order valence-corrected chi connectivity index (χ4v) is 2.34. The molecule has 1 aromatic heterocycles. The second kappa shape index (κ2) is 7.23. The number of nitrogens with zero attached hydrogens (tertiary/aromatic N) is 3. The minimum absolute atomic E-state index is 0.0415. The van der Waals surface area contributed by atoms with Crippen molar-refractivity contribution in [3.63, 3.8) is 0 Å². The first kappa shape index (κ1) is 16.1. The van der Waals surface area contributed by atoms with Crippen LogP contribution >= 0.6 is 11.6 Å². The Bertz CT molecular complexity index is 856. The second-order valence-corrected chi connectivity index (χ2v) is 5.67. The summed E-state index contributed by atoms with van der Waals surface area (Å²) in [5.41, 5.74) is 2.94. The molecule has 24 heavy (non-hydrogen) atoms. The zero-order chi connectivity index (χ0) is 16.9. The summed E-state index contributed by atoms with van der Waals surface area (Å²) in [6.45, 7) is 2.63. The summed E-state index contributed by atoms with van der Waals surface area (Å²) in [6, 6.07) is 12.5. The Morgan fingerprint density at radius 3 is 2.83 bits per heavy atom. The number of aromatic nitrogens is 3. The molecule has 0 atom stereocenters. The van der Waals surface area contributed by atoms with E-state index in [2.05, 4.69) is 31.9 Å². The van der Waals surface area contributed by atoms with Crippen molar-refractivity contribution in [1.29, 1.82) is 0 Å². The van der Waals surface area contributed by atoms with Gasteiger partial charge in [0, 0.05) is 12.2 Å². The number of anilines is 3. The van der Waals surface area contributed by atoms with E-state index in [0.29, 0.717) is 24.0 Å². The average Bonchev–Trinajstić information content (AvgIpc) is 2.57. The largest absolute Gasteiger partial charge is 0.349 e. The number of nitrogens with one attached hydrogen (secondary N) is 2. The molecule has 0 aliphatic carbocycles. The molecular formula is C17H15ClFN5. The SMILES string of the molecule is Cc1cccc(CNc2nncc(Nc3ccc(F)c(Cl)c3)n2)c1. The van der Waals surface area contributed by atoms with E-state index in [1.54, 1.807) is 6.07 Å². The summed E-state index contributed by atoms with van der Waals surface area (Å²) in [7, 11) is 0. The molecule has 2 N–H and O–H groups in total. The zero-order valence-corrected chi connectivity index (χ0v) is 13.7. The summed E-state index contributed by atoms with van der Waals surface area (Å²) in [6.07, 6.45) is 1.48. The van der Waals surface area contributed by atoms with Gasteiger partial charge in [0.2, 0.25) is 5.95 Å². The molecule has 1 heterocycles. The van der Waals surface area contributed by atoms with E-state index in [9.17, 15) is 4.39 Å². The summed E-state index contributed by atoms with van der Waals surface area (Å²) in [5.74, 6) is 0.415. The molecule has 7 heteroatoms. The van der Waals surface area contributed by atoms with Crippen molar-refractivity contribution in [3.8, 4) is 0 Å². The maximum Gasteiger partial charge on any atom is 0.244 e. The van der Waals surface area contributed by atoms with Crippen LogP contribution < -0.4 is 10.6 Å². The van der Waals surface area contributed by atoms with E-state index < -0.39 is 5.82 Å². The van der Waals surface area contributed by atoms with Gasteiger partial charge in [0.25, 0.3) is 0 Å². The zero-order valence-electron chi connectivity index (χ0n) is 12.9. The molecule has 0 fully saturated rings. The number of benzene rings is 2. The van der Waals surface area contributed by atoms with Gasteiger partial charge in [0.15, 0.2) is 5.82 Å². The first-order valence-electron chi connectivity index (χ1n) is 7.31. The third-order valence-electron chi connectivity index (χ3n) is 3.28. The second-order valence-electron chi connectivity index (χ2n) is 5.26. The fourth-order valence-electron chi connectivity index (χ4n) is 2.16. The maximum atomic E-state index is 13.2. The number of rotatable bonds is 5. The lowest BCUT2D eigenvalue weighted by Crippen LogP contribution is -2.06. The van der Waals surface area contributed by atoms with Crippen LogP contribution in [0.2, 0.25) is 5.02 Å². The molecule has 122 valence electrons. The van der Waals surface area contributed by atoms with Crippen LogP contribution in [0.3, 0.4) is 0 Å². The lowest BCUT2D eigenvalue weighted by molar-refractivity contribution is 0.628. The minimum atomic E-state index is -0.469. The van der Waals surface area contributed by atoms with Crippen molar-refractivity contribution in [3.05, 3.63) is 70.6 Å². The van der Waals surface area contributed by atoms with Crippen LogP contribution in [0, 0.1) is 12.7 Å². The number of hydrogen-bond donors (Lipinski definition) is 2. The van der Waals surface area contributed by atoms with E-state index in [1.807, 2.05) is 25.1 Å². The van der Waals surface area contributed by atoms with Crippen LogP contribution in [0.25, 0.3) is 0 Å². The monoisotopic (exact) mass is 343 g/mol. The Morgan fingerprint density at radius 1 is 1.17 bits per heavy atom. The van der Waals surface area contributed by atoms with E-state index in [0.717, 1.165) is 5.56 Å². The Hall–Kier alpha value is -2.73. The summed E-state index contributed by atoms with van der Waals surface area (Å²) >= 11 is 5.77. The molecule has 0 aliphatic rings. The Labute approximate surface area is 143 Å². The average molecular weight is 344 g/mol. The van der Waals surface area contributed by atoms with Crippen molar-refractivity contribution < 1.29 is 4.39 Å². The molecule has 0 spiro atoms. The summed E-state index contributed by atoms with van der Waals surface area (Å²) in [5, 5.41) is 14.0. The third-order valence-corrected chi connectivity index (χ3v) is 3.57. The molecule has 3 rings (SSSR count). The van der Waals surface area contributed by atoms with Crippen molar-refractivity contribution >= 4 is 29.1 Å². The normalized spacial score (nSPS) is 10.5. The van der Waals surface area contributed by atoms with Crippen LogP contribution in [-0.4, -0.2) is 15.2 Å². The molecule has 3 aromatic rings. The highest BCUT2D eigenvalue weighted by Crippen LogP contribution is 2.21. The molecule has 0 saturated heterocycles. The smallest absolute Gasteiger partial charge is 0.244 e.